The van der Waals surface area contributed by atoms with Gasteiger partial charge in [-0.15, -0.1) is 0 Å². The predicted molar refractivity (Wildman–Crippen MR) is 84.0 cm³/mol. The maximum atomic E-state index is 12.6. The van der Waals surface area contributed by atoms with E-state index in [0.29, 0.717) is 10.6 Å². The molecule has 5 nitrogen and oxygen atoms in total. The Bertz CT molecular complexity index is 982. The molecule has 0 saturated carbocycles. The molecule has 0 amide bonds. The first kappa shape index (κ1) is 13.9. The van der Waals surface area contributed by atoms with E-state index in [1.165, 1.54) is 4.68 Å². The van der Waals surface area contributed by atoms with Crippen molar-refractivity contribution in [2.75, 3.05) is 0 Å². The highest BCUT2D eigenvalue weighted by Gasteiger charge is 2.14. The van der Waals surface area contributed by atoms with Gasteiger partial charge in [0.15, 0.2) is 0 Å². The predicted octanol–water partition coefficient (Wildman–Crippen LogP) is -0.0652. The molecule has 3 rings (SSSR count). The van der Waals surface area contributed by atoms with Gasteiger partial charge in [0.25, 0.3) is 0 Å². The number of pyridine rings is 1. The van der Waals surface area contributed by atoms with Crippen molar-refractivity contribution in [3.8, 4) is 11.6 Å². The van der Waals surface area contributed by atoms with Crippen LogP contribution >= 0.6 is 0 Å². The van der Waals surface area contributed by atoms with Crippen LogP contribution in [0.5, 0.6) is 5.75 Å². The zero-order valence-corrected chi connectivity index (χ0v) is 12.2. The Labute approximate surface area is 126 Å². The third-order valence-corrected chi connectivity index (χ3v) is 3.47. The fourth-order valence-electron chi connectivity index (χ4n) is 2.29. The zero-order valence-electron chi connectivity index (χ0n) is 12.2. The van der Waals surface area contributed by atoms with Crippen molar-refractivity contribution in [1.82, 2.24) is 9.78 Å². The summed E-state index contributed by atoms with van der Waals surface area (Å²) >= 11 is 0. The fraction of sp³-hybridized carbons (Fsp3) is 0.0588. The van der Waals surface area contributed by atoms with E-state index in [1.54, 1.807) is 30.3 Å². The summed E-state index contributed by atoms with van der Waals surface area (Å²) in [5.41, 5.74) is 0.656. The first-order valence-corrected chi connectivity index (χ1v) is 6.82. The van der Waals surface area contributed by atoms with Crippen LogP contribution in [0.4, 0.5) is 0 Å². The Morgan fingerprint density at radius 2 is 1.95 bits per heavy atom. The van der Waals surface area contributed by atoms with E-state index in [2.05, 4.69) is 11.7 Å². The van der Waals surface area contributed by atoms with Crippen LogP contribution in [0.2, 0.25) is 0 Å². The van der Waals surface area contributed by atoms with Crippen molar-refractivity contribution < 1.29 is 9.67 Å². The topological polar surface area (TPSA) is 61.9 Å². The van der Waals surface area contributed by atoms with E-state index in [9.17, 15) is 9.90 Å². The molecule has 1 aromatic carbocycles. The van der Waals surface area contributed by atoms with Crippen LogP contribution in [0, 0.1) is 0 Å². The second-order valence-corrected chi connectivity index (χ2v) is 5.05. The van der Waals surface area contributed by atoms with E-state index < -0.39 is 0 Å². The number of aryl methyl sites for hydroxylation is 1. The quantitative estimate of drug-likeness (QED) is 0.650. The van der Waals surface area contributed by atoms with Crippen molar-refractivity contribution >= 4 is 12.7 Å². The normalized spacial score (nSPS) is 11.8. The molecule has 0 bridgehead atoms. The number of phenols is 1. The number of aromatic hydroxyl groups is 1. The zero-order chi connectivity index (χ0) is 15.7. The number of nitrogens with one attached hydrogen (secondary N) is 1. The molecule has 0 radical (unpaired) electrons. The Kier molecular flexibility index (Phi) is 3.39. The van der Waals surface area contributed by atoms with Gasteiger partial charge in [-0.1, -0.05) is 29.5 Å². The van der Waals surface area contributed by atoms with Crippen LogP contribution < -0.4 is 20.7 Å². The minimum Gasteiger partial charge on any atom is -0.508 e. The molecule has 0 saturated heterocycles. The molecule has 2 N–H and O–H groups in total. The summed E-state index contributed by atoms with van der Waals surface area (Å²) in [6.07, 6.45) is 3.62. The highest BCUT2D eigenvalue weighted by atomic mass is 16.3. The SMILES string of the molecule is C=c1[nH]n(-c2cccc[n+]2C)c(=O)c1=Cc1ccc(O)cc1. The third-order valence-electron chi connectivity index (χ3n) is 3.47. The van der Waals surface area contributed by atoms with Gasteiger partial charge in [0.05, 0.1) is 23.8 Å². The van der Waals surface area contributed by atoms with Gasteiger partial charge >= 0.3 is 11.4 Å². The Balaban J connectivity index is 2.20. The maximum Gasteiger partial charge on any atom is 0.366 e. The smallest absolute Gasteiger partial charge is 0.366 e. The van der Waals surface area contributed by atoms with Crippen molar-refractivity contribution in [2.45, 2.75) is 0 Å². The minimum absolute atomic E-state index is 0.167. The lowest BCUT2D eigenvalue weighted by molar-refractivity contribution is -0.666. The molecule has 22 heavy (non-hydrogen) atoms. The van der Waals surface area contributed by atoms with Gasteiger partial charge in [-0.05, 0) is 29.8 Å². The molecule has 3 aromatic rings. The van der Waals surface area contributed by atoms with Gasteiger partial charge < -0.3 is 5.11 Å². The molecule has 2 heterocycles. The Morgan fingerprint density at radius 1 is 1.23 bits per heavy atom. The molecular weight excluding hydrogens is 278 g/mol. The van der Waals surface area contributed by atoms with Gasteiger partial charge in [0.1, 0.15) is 5.75 Å². The molecular formula is C17H16N3O2+. The van der Waals surface area contributed by atoms with E-state index in [-0.39, 0.29) is 11.3 Å². The average Bonchev–Trinajstić information content (AvgIpc) is 2.78. The summed E-state index contributed by atoms with van der Waals surface area (Å²) in [5, 5.41) is 13.3. The highest BCUT2D eigenvalue weighted by molar-refractivity contribution is 5.50. The van der Waals surface area contributed by atoms with E-state index in [4.69, 9.17) is 0 Å². The van der Waals surface area contributed by atoms with Crippen LogP contribution in [0.1, 0.15) is 5.56 Å². The number of benzene rings is 1. The number of rotatable bonds is 2. The number of hydrogen-bond donors (Lipinski definition) is 2. The molecule has 5 heteroatoms. The van der Waals surface area contributed by atoms with Crippen molar-refractivity contribution in [3.05, 3.63) is 75.1 Å². The highest BCUT2D eigenvalue weighted by Crippen LogP contribution is 2.09. The van der Waals surface area contributed by atoms with E-state index >= 15 is 0 Å². The van der Waals surface area contributed by atoms with Crippen molar-refractivity contribution in [1.29, 1.82) is 0 Å². The second-order valence-electron chi connectivity index (χ2n) is 5.05. The third kappa shape index (κ3) is 2.44. The van der Waals surface area contributed by atoms with Crippen molar-refractivity contribution in [2.24, 2.45) is 7.05 Å². The summed E-state index contributed by atoms with van der Waals surface area (Å²) in [5.74, 6) is 0.914. The lowest BCUT2D eigenvalue weighted by atomic mass is 10.2. The summed E-state index contributed by atoms with van der Waals surface area (Å²) in [4.78, 5) is 12.6. The largest absolute Gasteiger partial charge is 0.508 e. The standard InChI is InChI=1S/C17H15N3O2/c1-12-15(11-13-6-8-14(21)9-7-13)17(22)20(18-12)16-5-3-4-10-19(16)2/h3-11,18H,1H2,2H3/p+1. The van der Waals surface area contributed by atoms with Gasteiger partial charge in [0.2, 0.25) is 0 Å². The minimum atomic E-state index is -0.167. The number of nitrogens with zero attached hydrogens (tertiary/aromatic N) is 2. The fourth-order valence-corrected chi connectivity index (χ4v) is 2.29. The number of aromatic nitrogens is 3. The molecule has 0 aliphatic rings. The van der Waals surface area contributed by atoms with Crippen LogP contribution in [-0.4, -0.2) is 14.9 Å². The number of phenolic OH excluding ortho intramolecular Hbond substituents is 1. The van der Waals surface area contributed by atoms with Crippen LogP contribution in [0.15, 0.2) is 53.5 Å². The molecule has 0 spiro atoms. The summed E-state index contributed by atoms with van der Waals surface area (Å²) in [6.45, 7) is 3.90. The molecule has 0 unspecified atom stereocenters. The average molecular weight is 294 g/mol. The molecule has 2 aromatic heterocycles. The first-order valence-electron chi connectivity index (χ1n) is 6.82. The Morgan fingerprint density at radius 3 is 2.64 bits per heavy atom. The summed E-state index contributed by atoms with van der Waals surface area (Å²) < 4.78 is 3.32. The van der Waals surface area contributed by atoms with Gasteiger partial charge in [0, 0.05) is 6.07 Å². The molecule has 0 fully saturated rings. The van der Waals surface area contributed by atoms with Gasteiger partial charge in [-0.2, -0.15) is 0 Å². The van der Waals surface area contributed by atoms with E-state index in [1.807, 2.05) is 36.0 Å². The second kappa shape index (κ2) is 5.37. The van der Waals surface area contributed by atoms with Gasteiger partial charge in [-0.3, -0.25) is 0 Å². The molecule has 110 valence electrons. The molecule has 0 aliphatic heterocycles. The van der Waals surface area contributed by atoms with Crippen LogP contribution in [-0.2, 0) is 7.05 Å². The number of H-pyrrole nitrogens is 1. The van der Waals surface area contributed by atoms with E-state index in [0.717, 1.165) is 11.4 Å². The lowest BCUT2D eigenvalue weighted by Gasteiger charge is -1.97. The van der Waals surface area contributed by atoms with Gasteiger partial charge in [-0.25, -0.2) is 14.5 Å². The maximum absolute atomic E-state index is 12.6. The van der Waals surface area contributed by atoms with Crippen molar-refractivity contribution in [3.63, 3.8) is 0 Å². The van der Waals surface area contributed by atoms with Crippen LogP contribution in [0.25, 0.3) is 18.5 Å². The van der Waals surface area contributed by atoms with Crippen LogP contribution in [0.3, 0.4) is 0 Å². The first-order chi connectivity index (χ1) is 10.6. The summed E-state index contributed by atoms with van der Waals surface area (Å²) in [6, 6.07) is 12.3. The number of hydrogen-bond acceptors (Lipinski definition) is 2. The Hall–Kier alpha value is -3.08. The molecule has 0 atom stereocenters. The monoisotopic (exact) mass is 294 g/mol. The summed E-state index contributed by atoms with van der Waals surface area (Å²) in [7, 11) is 1.87. The number of aromatic amines is 1. The molecule has 0 aliphatic carbocycles. The lowest BCUT2D eigenvalue weighted by Crippen LogP contribution is -2.39.